The third kappa shape index (κ3) is 5.35. The van der Waals surface area contributed by atoms with Crippen molar-refractivity contribution in [3.8, 4) is 11.5 Å². The molecule has 0 bridgehead atoms. The van der Waals surface area contributed by atoms with E-state index in [1.54, 1.807) is 12.1 Å². The molecule has 6 rings (SSSR count). The summed E-state index contributed by atoms with van der Waals surface area (Å²) in [5.74, 6) is -1.17. The summed E-state index contributed by atoms with van der Waals surface area (Å²) in [5.41, 5.74) is 11.1. The summed E-state index contributed by atoms with van der Waals surface area (Å²) in [4.78, 5) is 18.9. The van der Waals surface area contributed by atoms with Gasteiger partial charge >= 0.3 is 0 Å². The largest absolute Gasteiger partial charge is 0.457 e. The van der Waals surface area contributed by atoms with Crippen LogP contribution in [0.25, 0.3) is 10.9 Å². The molecular formula is C32H32F3N5O2. The van der Waals surface area contributed by atoms with Crippen LogP contribution in [-0.2, 0) is 0 Å². The van der Waals surface area contributed by atoms with Crippen molar-refractivity contribution in [2.24, 2.45) is 5.73 Å². The van der Waals surface area contributed by atoms with Crippen LogP contribution in [0.2, 0.25) is 0 Å². The Morgan fingerprint density at radius 3 is 2.45 bits per heavy atom. The first kappa shape index (κ1) is 27.9. The maximum absolute atomic E-state index is 15.2. The molecule has 0 saturated carbocycles. The Morgan fingerprint density at radius 1 is 0.976 bits per heavy atom. The normalized spacial score (nSPS) is 16.7. The number of likely N-dealkylation sites (tertiary alicyclic amines) is 1. The molecule has 7 nitrogen and oxygen atoms in total. The molecule has 0 unspecified atom stereocenters. The molecule has 1 aromatic heterocycles. The Kier molecular flexibility index (Phi) is 7.42. The summed E-state index contributed by atoms with van der Waals surface area (Å²) in [6, 6.07) is 15.1. The molecule has 0 amide bonds. The van der Waals surface area contributed by atoms with E-state index in [1.165, 1.54) is 41.4 Å². The van der Waals surface area contributed by atoms with E-state index in [9.17, 15) is 9.18 Å². The molecule has 0 atom stereocenters. The second-order valence-corrected chi connectivity index (χ2v) is 11.1. The van der Waals surface area contributed by atoms with Crippen molar-refractivity contribution in [1.29, 1.82) is 0 Å². The molecule has 1 saturated heterocycles. The molecular weight excluding hydrogens is 543 g/mol. The summed E-state index contributed by atoms with van der Waals surface area (Å²) < 4.78 is 49.3. The number of rotatable bonds is 7. The SMILES string of the molecule is CC(C)N1CCC(c2cc3cc(C(=O)C4=C(N)N(c5ccc(Oc6cccc(F)c6)cc5F)NC4)[nH]c3cc2F)CC1. The number of aromatic amines is 1. The van der Waals surface area contributed by atoms with Gasteiger partial charge in [-0.25, -0.2) is 18.6 Å². The number of benzene rings is 3. The molecule has 4 N–H and O–H groups in total. The number of hydrogen-bond donors (Lipinski definition) is 3. The Morgan fingerprint density at radius 2 is 1.74 bits per heavy atom. The highest BCUT2D eigenvalue weighted by molar-refractivity contribution is 6.11. The van der Waals surface area contributed by atoms with E-state index in [4.69, 9.17) is 10.5 Å². The average Bonchev–Trinajstić information content (AvgIpc) is 3.55. The lowest BCUT2D eigenvalue weighted by Crippen LogP contribution is -2.37. The molecule has 10 heteroatoms. The molecule has 0 radical (unpaired) electrons. The molecule has 0 spiro atoms. The number of ether oxygens (including phenoxy) is 1. The summed E-state index contributed by atoms with van der Waals surface area (Å²) in [5, 5.41) is 2.06. The van der Waals surface area contributed by atoms with Crippen LogP contribution < -0.4 is 20.9 Å². The zero-order valence-corrected chi connectivity index (χ0v) is 23.4. The third-order valence-electron chi connectivity index (χ3n) is 8.11. The first-order valence-electron chi connectivity index (χ1n) is 14.0. The van der Waals surface area contributed by atoms with Crippen LogP contribution >= 0.6 is 0 Å². The number of nitrogens with zero attached hydrogens (tertiary/aromatic N) is 2. The van der Waals surface area contributed by atoms with E-state index in [0.29, 0.717) is 17.1 Å². The predicted molar refractivity (Wildman–Crippen MR) is 156 cm³/mol. The van der Waals surface area contributed by atoms with E-state index in [-0.39, 0.29) is 58.3 Å². The minimum absolute atomic E-state index is 0.0557. The van der Waals surface area contributed by atoms with Gasteiger partial charge in [-0.2, -0.15) is 0 Å². The van der Waals surface area contributed by atoms with Gasteiger partial charge in [-0.3, -0.25) is 9.80 Å². The second-order valence-electron chi connectivity index (χ2n) is 11.1. The number of Topliss-reactive ketones (excluding diaryl/α,β-unsaturated/α-hetero) is 1. The van der Waals surface area contributed by atoms with Crippen molar-refractivity contribution in [3.05, 3.63) is 101 Å². The van der Waals surface area contributed by atoms with Crippen LogP contribution in [0.1, 0.15) is 48.7 Å². The number of hydrogen-bond acceptors (Lipinski definition) is 6. The first-order valence-corrected chi connectivity index (χ1v) is 14.0. The zero-order chi connectivity index (χ0) is 29.5. The number of anilines is 1. The number of hydrazine groups is 1. The van der Waals surface area contributed by atoms with Gasteiger partial charge < -0.3 is 20.4 Å². The zero-order valence-electron chi connectivity index (χ0n) is 23.4. The minimum Gasteiger partial charge on any atom is -0.457 e. The van der Waals surface area contributed by atoms with Crippen LogP contribution in [0.3, 0.4) is 0 Å². The number of halogens is 3. The van der Waals surface area contributed by atoms with Gasteiger partial charge in [0, 0.05) is 35.6 Å². The number of fused-ring (bicyclic) bond motifs is 1. The average molecular weight is 576 g/mol. The summed E-state index contributed by atoms with van der Waals surface area (Å²) >= 11 is 0. The van der Waals surface area contributed by atoms with Crippen LogP contribution in [0, 0.1) is 17.5 Å². The lowest BCUT2D eigenvalue weighted by molar-refractivity contribution is 0.102. The van der Waals surface area contributed by atoms with Crippen molar-refractivity contribution >= 4 is 22.4 Å². The van der Waals surface area contributed by atoms with E-state index in [1.807, 2.05) is 6.07 Å². The number of H-pyrrole nitrogens is 1. The topological polar surface area (TPSA) is 86.6 Å². The molecule has 2 aliphatic heterocycles. The molecule has 1 fully saturated rings. The van der Waals surface area contributed by atoms with E-state index < -0.39 is 11.6 Å². The fraction of sp³-hybridized carbons (Fsp3) is 0.281. The molecule has 3 heterocycles. The smallest absolute Gasteiger partial charge is 0.210 e. The molecule has 218 valence electrons. The van der Waals surface area contributed by atoms with Gasteiger partial charge in [0.1, 0.15) is 29.0 Å². The van der Waals surface area contributed by atoms with Crippen molar-refractivity contribution in [1.82, 2.24) is 15.3 Å². The van der Waals surface area contributed by atoms with Gasteiger partial charge in [0.05, 0.1) is 17.0 Å². The van der Waals surface area contributed by atoms with Gasteiger partial charge in [-0.1, -0.05) is 6.07 Å². The number of nitrogens with one attached hydrogen (secondary N) is 2. The number of piperidine rings is 1. The number of ketones is 1. The van der Waals surface area contributed by atoms with Gasteiger partial charge in [-0.15, -0.1) is 0 Å². The third-order valence-corrected chi connectivity index (χ3v) is 8.11. The van der Waals surface area contributed by atoms with E-state index in [0.717, 1.165) is 37.4 Å². The Labute approximate surface area is 241 Å². The lowest BCUT2D eigenvalue weighted by Gasteiger charge is -2.34. The number of nitrogens with two attached hydrogens (primary N) is 1. The quantitative estimate of drug-likeness (QED) is 0.223. The fourth-order valence-electron chi connectivity index (χ4n) is 5.78. The Bertz CT molecular complexity index is 1690. The fourth-order valence-corrected chi connectivity index (χ4v) is 5.78. The maximum atomic E-state index is 15.2. The lowest BCUT2D eigenvalue weighted by atomic mass is 9.88. The monoisotopic (exact) mass is 575 g/mol. The molecule has 2 aliphatic rings. The highest BCUT2D eigenvalue weighted by Crippen LogP contribution is 2.34. The molecule has 3 aromatic carbocycles. The van der Waals surface area contributed by atoms with Crippen molar-refractivity contribution < 1.29 is 22.7 Å². The minimum atomic E-state index is -0.652. The highest BCUT2D eigenvalue weighted by Gasteiger charge is 2.30. The highest BCUT2D eigenvalue weighted by atomic mass is 19.1. The van der Waals surface area contributed by atoms with E-state index >= 15 is 8.78 Å². The first-order chi connectivity index (χ1) is 20.2. The maximum Gasteiger partial charge on any atom is 0.210 e. The summed E-state index contributed by atoms with van der Waals surface area (Å²) in [6.07, 6.45) is 1.77. The van der Waals surface area contributed by atoms with Gasteiger partial charge in [-0.05, 0) is 93.7 Å². The van der Waals surface area contributed by atoms with Gasteiger partial charge in [0.25, 0.3) is 0 Å². The number of carbonyl (C=O) groups is 1. The number of aromatic nitrogens is 1. The van der Waals surface area contributed by atoms with Crippen LogP contribution in [0.4, 0.5) is 18.9 Å². The Balaban J connectivity index is 1.20. The summed E-state index contributed by atoms with van der Waals surface area (Å²) in [6.45, 7) is 6.28. The van der Waals surface area contributed by atoms with Gasteiger partial charge in [0.15, 0.2) is 5.82 Å². The number of carbonyl (C=O) groups excluding carboxylic acids is 1. The molecule has 0 aliphatic carbocycles. The molecule has 42 heavy (non-hydrogen) atoms. The predicted octanol–water partition coefficient (Wildman–Crippen LogP) is 6.34. The van der Waals surface area contributed by atoms with Crippen molar-refractivity contribution in [3.63, 3.8) is 0 Å². The van der Waals surface area contributed by atoms with Gasteiger partial charge in [0.2, 0.25) is 5.78 Å². The summed E-state index contributed by atoms with van der Waals surface area (Å²) in [7, 11) is 0. The van der Waals surface area contributed by atoms with Crippen molar-refractivity contribution in [2.45, 2.75) is 38.6 Å². The Hall–Kier alpha value is -4.28. The second kappa shape index (κ2) is 11.2. The van der Waals surface area contributed by atoms with Crippen LogP contribution in [0.15, 0.2) is 72.1 Å². The molecule has 4 aromatic rings. The van der Waals surface area contributed by atoms with E-state index in [2.05, 4.69) is 29.2 Å². The standard InChI is InChI=1S/C32H32F3N5O2/c1-18(2)39-10-8-19(9-11-39)24-12-20-13-29(38-28(20)16-26(24)34)31(41)25-17-37-40(32(25)36)30-7-6-23(15-27(30)35)42-22-5-3-4-21(33)14-22/h3-7,12-16,18-19,37-38H,8-11,17,36H2,1-2H3. The van der Waals surface area contributed by atoms with Crippen LogP contribution in [0.5, 0.6) is 11.5 Å². The van der Waals surface area contributed by atoms with Crippen LogP contribution in [-0.4, -0.2) is 41.3 Å². The van der Waals surface area contributed by atoms with Crippen molar-refractivity contribution in [2.75, 3.05) is 24.6 Å².